The molecule has 1 amide bonds. The zero-order chi connectivity index (χ0) is 21.2. The molecule has 0 saturated heterocycles. The highest BCUT2D eigenvalue weighted by molar-refractivity contribution is 6.07. The maximum atomic E-state index is 13.5. The van der Waals surface area contributed by atoms with Crippen molar-refractivity contribution in [2.45, 2.75) is 12.3 Å². The van der Waals surface area contributed by atoms with Crippen molar-refractivity contribution in [1.29, 1.82) is 0 Å². The van der Waals surface area contributed by atoms with E-state index >= 15 is 0 Å². The Hall–Kier alpha value is -4.19. The van der Waals surface area contributed by atoms with Gasteiger partial charge in [0.1, 0.15) is 0 Å². The number of nitrogens with zero attached hydrogens (tertiary/aromatic N) is 3. The lowest BCUT2D eigenvalue weighted by Gasteiger charge is -2.24. The van der Waals surface area contributed by atoms with Gasteiger partial charge >= 0.3 is 0 Å². The molecule has 0 fully saturated rings. The Kier molecular flexibility index (Phi) is 4.80. The van der Waals surface area contributed by atoms with Gasteiger partial charge in [0.05, 0.1) is 23.0 Å². The second-order valence-corrected chi connectivity index (χ2v) is 7.41. The summed E-state index contributed by atoms with van der Waals surface area (Å²) < 4.78 is 1.61. The van der Waals surface area contributed by atoms with Crippen LogP contribution in [0, 0.1) is 0 Å². The van der Waals surface area contributed by atoms with Gasteiger partial charge in [-0.3, -0.25) is 4.79 Å². The van der Waals surface area contributed by atoms with Gasteiger partial charge in [-0.15, -0.1) is 0 Å². The lowest BCUT2D eigenvalue weighted by Crippen LogP contribution is -2.29. The number of fused-ring (bicyclic) bond motifs is 1. The van der Waals surface area contributed by atoms with Crippen molar-refractivity contribution in [2.75, 3.05) is 11.1 Å². The van der Waals surface area contributed by atoms with E-state index in [1.54, 1.807) is 4.68 Å². The van der Waals surface area contributed by atoms with E-state index in [4.69, 9.17) is 10.8 Å². The fraction of sp³-hybridized carbons (Fsp3) is 0.0800. The number of amides is 1. The number of aromatic nitrogens is 2. The standard InChI is InChI=1S/C25H21N5O/c26-25-28-22(18-12-6-2-7-13-18)23-20(24(31)27-19-14-8-3-9-15-19)16-21(29-30(23)25)17-10-4-1-5-11-17/h1-15,20H,16H2,(H2,26,28)(H,27,31). The Morgan fingerprint density at radius 1 is 0.871 bits per heavy atom. The fourth-order valence-corrected chi connectivity index (χ4v) is 3.89. The molecule has 3 N–H and O–H groups in total. The average molecular weight is 407 g/mol. The van der Waals surface area contributed by atoms with Crippen molar-refractivity contribution in [2.24, 2.45) is 5.10 Å². The molecule has 31 heavy (non-hydrogen) atoms. The lowest BCUT2D eigenvalue weighted by molar-refractivity contribution is -0.117. The molecular weight excluding hydrogens is 386 g/mol. The molecule has 0 spiro atoms. The summed E-state index contributed by atoms with van der Waals surface area (Å²) in [7, 11) is 0. The Balaban J connectivity index is 1.63. The average Bonchev–Trinajstić information content (AvgIpc) is 3.17. The maximum absolute atomic E-state index is 13.5. The number of hydrogen-bond acceptors (Lipinski definition) is 4. The van der Waals surface area contributed by atoms with Crippen molar-refractivity contribution in [1.82, 2.24) is 9.66 Å². The molecule has 4 aromatic rings. The van der Waals surface area contributed by atoms with Crippen molar-refractivity contribution in [3.05, 3.63) is 102 Å². The van der Waals surface area contributed by atoms with Gasteiger partial charge in [-0.25, -0.2) is 9.66 Å². The van der Waals surface area contributed by atoms with Crippen LogP contribution >= 0.6 is 0 Å². The molecule has 0 bridgehead atoms. The Morgan fingerprint density at radius 3 is 2.10 bits per heavy atom. The number of benzene rings is 3. The summed E-state index contributed by atoms with van der Waals surface area (Å²) in [6.45, 7) is 0. The number of nitrogens with one attached hydrogen (secondary N) is 1. The molecule has 152 valence electrons. The number of nitrogens with two attached hydrogens (primary N) is 1. The van der Waals surface area contributed by atoms with Gasteiger partial charge in [0.25, 0.3) is 0 Å². The van der Waals surface area contributed by atoms with Crippen LogP contribution in [0.15, 0.2) is 96.1 Å². The molecule has 6 nitrogen and oxygen atoms in total. The minimum Gasteiger partial charge on any atom is -0.368 e. The zero-order valence-electron chi connectivity index (χ0n) is 16.8. The smallest absolute Gasteiger partial charge is 0.234 e. The van der Waals surface area contributed by atoms with E-state index in [2.05, 4.69) is 10.3 Å². The first-order valence-electron chi connectivity index (χ1n) is 10.1. The predicted octanol–water partition coefficient (Wildman–Crippen LogP) is 4.51. The van der Waals surface area contributed by atoms with E-state index in [1.807, 2.05) is 91.0 Å². The van der Waals surface area contributed by atoms with Gasteiger partial charge < -0.3 is 11.1 Å². The molecular formula is C25H21N5O. The molecule has 5 rings (SSSR count). The van der Waals surface area contributed by atoms with E-state index in [0.717, 1.165) is 22.5 Å². The van der Waals surface area contributed by atoms with Crippen LogP contribution in [0.4, 0.5) is 11.6 Å². The van der Waals surface area contributed by atoms with Gasteiger partial charge in [0.15, 0.2) is 0 Å². The fourth-order valence-electron chi connectivity index (χ4n) is 3.89. The van der Waals surface area contributed by atoms with Crippen molar-refractivity contribution >= 4 is 23.3 Å². The van der Waals surface area contributed by atoms with Crippen LogP contribution in [0.1, 0.15) is 23.6 Å². The van der Waals surface area contributed by atoms with Crippen LogP contribution in [-0.4, -0.2) is 21.3 Å². The Labute approximate surface area is 180 Å². The molecule has 0 aliphatic carbocycles. The Morgan fingerprint density at radius 2 is 1.45 bits per heavy atom. The first-order valence-corrected chi connectivity index (χ1v) is 10.1. The SMILES string of the molecule is Nc1nc(-c2ccccc2)c2n1N=C(c1ccccc1)CC2C(=O)Nc1ccccc1. The summed E-state index contributed by atoms with van der Waals surface area (Å²) in [6, 6.07) is 29.0. The zero-order valence-corrected chi connectivity index (χ0v) is 16.8. The number of imidazole rings is 1. The summed E-state index contributed by atoms with van der Waals surface area (Å²) in [4.78, 5) is 18.0. The van der Waals surface area contributed by atoms with E-state index in [-0.39, 0.29) is 11.9 Å². The molecule has 0 saturated carbocycles. The minimum absolute atomic E-state index is 0.118. The quantitative estimate of drug-likeness (QED) is 0.522. The van der Waals surface area contributed by atoms with Crippen LogP contribution in [-0.2, 0) is 4.79 Å². The normalized spacial score (nSPS) is 15.1. The molecule has 1 atom stereocenters. The number of rotatable bonds is 4. The molecule has 1 aliphatic heterocycles. The number of carbonyl (C=O) groups is 1. The van der Waals surface area contributed by atoms with Gasteiger partial charge in [-0.05, 0) is 17.7 Å². The van der Waals surface area contributed by atoms with Crippen LogP contribution < -0.4 is 11.1 Å². The van der Waals surface area contributed by atoms with E-state index in [1.165, 1.54) is 0 Å². The summed E-state index contributed by atoms with van der Waals surface area (Å²) in [5, 5.41) is 7.80. The molecule has 1 aromatic heterocycles. The lowest BCUT2D eigenvalue weighted by atomic mass is 9.90. The number of carbonyl (C=O) groups excluding carboxylic acids is 1. The van der Waals surface area contributed by atoms with Crippen LogP contribution in [0.5, 0.6) is 0 Å². The highest BCUT2D eigenvalue weighted by Crippen LogP contribution is 2.37. The molecule has 1 aliphatic rings. The molecule has 6 heteroatoms. The molecule has 0 radical (unpaired) electrons. The number of anilines is 2. The first kappa shape index (κ1) is 18.8. The third-order valence-electron chi connectivity index (χ3n) is 5.37. The maximum Gasteiger partial charge on any atom is 0.234 e. The van der Waals surface area contributed by atoms with E-state index in [0.29, 0.717) is 17.8 Å². The monoisotopic (exact) mass is 407 g/mol. The van der Waals surface area contributed by atoms with Crippen LogP contribution in [0.3, 0.4) is 0 Å². The second-order valence-electron chi connectivity index (χ2n) is 7.41. The first-order chi connectivity index (χ1) is 15.2. The predicted molar refractivity (Wildman–Crippen MR) is 123 cm³/mol. The second kappa shape index (κ2) is 7.91. The van der Waals surface area contributed by atoms with Crippen LogP contribution in [0.2, 0.25) is 0 Å². The summed E-state index contributed by atoms with van der Waals surface area (Å²) in [5.74, 6) is -0.347. The molecule has 1 unspecified atom stereocenters. The van der Waals surface area contributed by atoms with E-state index < -0.39 is 5.92 Å². The summed E-state index contributed by atoms with van der Waals surface area (Å²) >= 11 is 0. The highest BCUT2D eigenvalue weighted by Gasteiger charge is 2.35. The number of para-hydroxylation sites is 1. The van der Waals surface area contributed by atoms with Gasteiger partial charge in [-0.1, -0.05) is 78.9 Å². The summed E-state index contributed by atoms with van der Waals surface area (Å²) in [6.07, 6.45) is 0.452. The van der Waals surface area contributed by atoms with Gasteiger partial charge in [0.2, 0.25) is 11.9 Å². The third kappa shape index (κ3) is 3.59. The van der Waals surface area contributed by atoms with Crippen molar-refractivity contribution in [3.8, 4) is 11.3 Å². The summed E-state index contributed by atoms with van der Waals surface area (Å²) in [5.41, 5.74) is 11.1. The van der Waals surface area contributed by atoms with Gasteiger partial charge in [-0.2, -0.15) is 5.10 Å². The van der Waals surface area contributed by atoms with Crippen molar-refractivity contribution < 1.29 is 4.79 Å². The molecule has 3 aromatic carbocycles. The van der Waals surface area contributed by atoms with E-state index in [9.17, 15) is 4.79 Å². The Bertz CT molecular complexity index is 1250. The molecule has 2 heterocycles. The van der Waals surface area contributed by atoms with Crippen LogP contribution in [0.25, 0.3) is 11.3 Å². The topological polar surface area (TPSA) is 85.3 Å². The largest absolute Gasteiger partial charge is 0.368 e. The highest BCUT2D eigenvalue weighted by atomic mass is 16.1. The third-order valence-corrected chi connectivity index (χ3v) is 5.37. The number of hydrogen-bond donors (Lipinski definition) is 2. The minimum atomic E-state index is -0.493. The van der Waals surface area contributed by atoms with Crippen molar-refractivity contribution in [3.63, 3.8) is 0 Å². The number of nitrogen functional groups attached to an aromatic ring is 1. The van der Waals surface area contributed by atoms with Gasteiger partial charge in [0, 0.05) is 17.7 Å².